The summed E-state index contributed by atoms with van der Waals surface area (Å²) in [4.78, 5) is 10.9. The molecular weight excluding hydrogens is 150 g/mol. The van der Waals surface area contributed by atoms with E-state index in [9.17, 15) is 4.79 Å². The van der Waals surface area contributed by atoms with Crippen molar-refractivity contribution in [2.45, 2.75) is 46.5 Å². The molecule has 0 aliphatic heterocycles. The first-order valence-corrected chi connectivity index (χ1v) is 4.94. The molecule has 0 aromatic rings. The van der Waals surface area contributed by atoms with E-state index in [0.717, 1.165) is 25.7 Å². The highest BCUT2D eigenvalue weighted by Crippen LogP contribution is 2.20. The van der Waals surface area contributed by atoms with Gasteiger partial charge >= 0.3 is 0 Å². The normalized spacial score (nSPS) is 13.3. The van der Waals surface area contributed by atoms with Gasteiger partial charge in [-0.25, -0.2) is 0 Å². The lowest BCUT2D eigenvalue weighted by Gasteiger charge is -2.17. The van der Waals surface area contributed by atoms with E-state index < -0.39 is 0 Å². The lowest BCUT2D eigenvalue weighted by atomic mass is 9.89. The van der Waals surface area contributed by atoms with Crippen LogP contribution < -0.4 is 5.73 Å². The van der Waals surface area contributed by atoms with Gasteiger partial charge in [-0.3, -0.25) is 4.79 Å². The molecule has 2 heteroatoms. The number of rotatable bonds is 6. The van der Waals surface area contributed by atoms with Crippen LogP contribution in [0.3, 0.4) is 0 Å². The first-order chi connectivity index (χ1) is 5.65. The Morgan fingerprint density at radius 2 is 1.67 bits per heavy atom. The molecule has 72 valence electrons. The molecule has 1 amide bonds. The van der Waals surface area contributed by atoms with Gasteiger partial charge in [0.2, 0.25) is 5.91 Å². The smallest absolute Gasteiger partial charge is 0.220 e. The highest BCUT2D eigenvalue weighted by Gasteiger charge is 2.16. The largest absolute Gasteiger partial charge is 0.369 e. The summed E-state index contributed by atoms with van der Waals surface area (Å²) in [6, 6.07) is 0. The number of amides is 1. The number of carbonyl (C=O) groups is 1. The van der Waals surface area contributed by atoms with Crippen molar-refractivity contribution in [1.29, 1.82) is 0 Å². The molecule has 0 unspecified atom stereocenters. The topological polar surface area (TPSA) is 43.1 Å². The molecule has 12 heavy (non-hydrogen) atoms. The van der Waals surface area contributed by atoms with Crippen LogP contribution in [0.15, 0.2) is 0 Å². The summed E-state index contributed by atoms with van der Waals surface area (Å²) in [5.41, 5.74) is 5.27. The molecule has 0 saturated carbocycles. The maximum atomic E-state index is 10.9. The number of nitrogens with two attached hydrogens (primary N) is 1. The second-order valence-electron chi connectivity index (χ2n) is 3.43. The summed E-state index contributed by atoms with van der Waals surface area (Å²) >= 11 is 0. The Hall–Kier alpha value is -0.530. The zero-order valence-corrected chi connectivity index (χ0v) is 8.47. The molecule has 0 heterocycles. The molecule has 0 aliphatic carbocycles. The van der Waals surface area contributed by atoms with Crippen LogP contribution in [0.5, 0.6) is 0 Å². The van der Waals surface area contributed by atoms with Crippen molar-refractivity contribution in [2.75, 3.05) is 0 Å². The lowest BCUT2D eigenvalue weighted by Crippen LogP contribution is -2.24. The lowest BCUT2D eigenvalue weighted by molar-refractivity contribution is -0.122. The quantitative estimate of drug-likeness (QED) is 0.655. The maximum absolute atomic E-state index is 10.9. The number of carbonyl (C=O) groups excluding carboxylic acids is 1. The summed E-state index contributed by atoms with van der Waals surface area (Å²) < 4.78 is 0. The highest BCUT2D eigenvalue weighted by atomic mass is 16.1. The zero-order chi connectivity index (χ0) is 9.56. The average Bonchev–Trinajstić information content (AvgIpc) is 2.06. The minimum atomic E-state index is -0.135. The molecule has 0 radical (unpaired) electrons. The van der Waals surface area contributed by atoms with Gasteiger partial charge in [-0.2, -0.15) is 0 Å². The van der Waals surface area contributed by atoms with Crippen LogP contribution >= 0.6 is 0 Å². The molecule has 0 aliphatic rings. The standard InChI is InChI=1S/C10H21NO/c1-4-8(5-2)7-9(6-3)10(11)12/h8-9H,4-7H2,1-3H3,(H2,11,12)/t9-/m0/s1. The monoisotopic (exact) mass is 171 g/mol. The Morgan fingerprint density at radius 1 is 1.17 bits per heavy atom. The molecule has 0 fully saturated rings. The maximum Gasteiger partial charge on any atom is 0.220 e. The van der Waals surface area contributed by atoms with Crippen molar-refractivity contribution in [3.63, 3.8) is 0 Å². The first kappa shape index (κ1) is 11.5. The fourth-order valence-electron chi connectivity index (χ4n) is 1.51. The number of primary amides is 1. The van der Waals surface area contributed by atoms with Gasteiger partial charge in [0.05, 0.1) is 0 Å². The molecule has 0 aromatic heterocycles. The fraction of sp³-hybridized carbons (Fsp3) is 0.900. The van der Waals surface area contributed by atoms with Gasteiger partial charge < -0.3 is 5.73 Å². The third kappa shape index (κ3) is 3.74. The SMILES string of the molecule is CCC(CC)C[C@H](CC)C(N)=O. The Balaban J connectivity index is 3.91. The predicted octanol–water partition coefficient (Wildman–Crippen LogP) is 2.32. The van der Waals surface area contributed by atoms with E-state index in [0.29, 0.717) is 5.92 Å². The van der Waals surface area contributed by atoms with E-state index >= 15 is 0 Å². The van der Waals surface area contributed by atoms with Gasteiger partial charge in [0.25, 0.3) is 0 Å². The van der Waals surface area contributed by atoms with Gasteiger partial charge in [0.15, 0.2) is 0 Å². The second kappa shape index (κ2) is 6.04. The molecule has 1 atom stereocenters. The van der Waals surface area contributed by atoms with Gasteiger partial charge in [0.1, 0.15) is 0 Å². The molecule has 0 aromatic carbocycles. The van der Waals surface area contributed by atoms with Gasteiger partial charge in [-0.1, -0.05) is 33.6 Å². The van der Waals surface area contributed by atoms with Crippen LogP contribution in [0.4, 0.5) is 0 Å². The van der Waals surface area contributed by atoms with Crippen molar-refractivity contribution in [1.82, 2.24) is 0 Å². The van der Waals surface area contributed by atoms with Crippen LogP contribution in [0, 0.1) is 11.8 Å². The van der Waals surface area contributed by atoms with Gasteiger partial charge in [-0.15, -0.1) is 0 Å². The summed E-state index contributed by atoms with van der Waals surface area (Å²) in [7, 11) is 0. The van der Waals surface area contributed by atoms with Crippen molar-refractivity contribution in [3.05, 3.63) is 0 Å². The van der Waals surface area contributed by atoms with Crippen LogP contribution in [-0.4, -0.2) is 5.91 Å². The van der Waals surface area contributed by atoms with E-state index in [4.69, 9.17) is 5.73 Å². The number of hydrogen-bond acceptors (Lipinski definition) is 1. The zero-order valence-electron chi connectivity index (χ0n) is 8.47. The molecule has 0 bridgehead atoms. The minimum Gasteiger partial charge on any atom is -0.369 e. The Kier molecular flexibility index (Phi) is 5.77. The van der Waals surface area contributed by atoms with E-state index in [-0.39, 0.29) is 11.8 Å². The molecule has 0 spiro atoms. The Bertz CT molecular complexity index is 130. The van der Waals surface area contributed by atoms with Crippen LogP contribution in [0.2, 0.25) is 0 Å². The third-order valence-corrected chi connectivity index (χ3v) is 2.67. The van der Waals surface area contributed by atoms with E-state index in [1.807, 2.05) is 6.92 Å². The van der Waals surface area contributed by atoms with Crippen LogP contribution in [-0.2, 0) is 4.79 Å². The third-order valence-electron chi connectivity index (χ3n) is 2.67. The van der Waals surface area contributed by atoms with E-state index in [1.165, 1.54) is 0 Å². The number of hydrogen-bond donors (Lipinski definition) is 1. The van der Waals surface area contributed by atoms with E-state index in [1.54, 1.807) is 0 Å². The summed E-state index contributed by atoms with van der Waals surface area (Å²) in [5, 5.41) is 0. The summed E-state index contributed by atoms with van der Waals surface area (Å²) in [6.45, 7) is 6.36. The second-order valence-corrected chi connectivity index (χ2v) is 3.43. The fourth-order valence-corrected chi connectivity index (χ4v) is 1.51. The molecule has 0 saturated heterocycles. The predicted molar refractivity (Wildman–Crippen MR) is 51.7 cm³/mol. The Labute approximate surface area is 75.5 Å². The van der Waals surface area contributed by atoms with Crippen molar-refractivity contribution < 1.29 is 4.79 Å². The van der Waals surface area contributed by atoms with Crippen molar-refractivity contribution in [3.8, 4) is 0 Å². The summed E-state index contributed by atoms with van der Waals surface area (Å²) in [6.07, 6.45) is 4.16. The van der Waals surface area contributed by atoms with Gasteiger partial charge in [-0.05, 0) is 18.8 Å². The molecular formula is C10H21NO. The summed E-state index contributed by atoms with van der Waals surface area (Å²) in [5.74, 6) is 0.627. The van der Waals surface area contributed by atoms with E-state index in [2.05, 4.69) is 13.8 Å². The molecule has 0 rings (SSSR count). The van der Waals surface area contributed by atoms with Crippen molar-refractivity contribution >= 4 is 5.91 Å². The van der Waals surface area contributed by atoms with Gasteiger partial charge in [0, 0.05) is 5.92 Å². The van der Waals surface area contributed by atoms with Crippen LogP contribution in [0.25, 0.3) is 0 Å². The first-order valence-electron chi connectivity index (χ1n) is 4.94. The van der Waals surface area contributed by atoms with Crippen LogP contribution in [0.1, 0.15) is 46.5 Å². The molecule has 2 N–H and O–H groups in total. The van der Waals surface area contributed by atoms with Crippen molar-refractivity contribution in [2.24, 2.45) is 17.6 Å². The highest BCUT2D eigenvalue weighted by molar-refractivity contribution is 5.76. The average molecular weight is 171 g/mol. The Morgan fingerprint density at radius 3 is 1.92 bits per heavy atom. The molecule has 2 nitrogen and oxygen atoms in total. The minimum absolute atomic E-state index is 0.0925.